The number of aryl methyl sites for hydroxylation is 2. The Hall–Kier alpha value is -3.42. The highest BCUT2D eigenvalue weighted by atomic mass is 16.3. The maximum atomic E-state index is 12.9. The summed E-state index contributed by atoms with van der Waals surface area (Å²) in [6.07, 6.45) is 2.17. The zero-order valence-electron chi connectivity index (χ0n) is 15.0. The van der Waals surface area contributed by atoms with Crippen LogP contribution in [0.25, 0.3) is 22.1 Å². The van der Waals surface area contributed by atoms with Gasteiger partial charge in [0.1, 0.15) is 29.3 Å². The summed E-state index contributed by atoms with van der Waals surface area (Å²) >= 11 is 0. The Morgan fingerprint density at radius 3 is 2.93 bits per heavy atom. The van der Waals surface area contributed by atoms with Gasteiger partial charge in [-0.05, 0) is 25.5 Å². The normalized spacial score (nSPS) is 17.3. The van der Waals surface area contributed by atoms with Crippen molar-refractivity contribution in [2.75, 3.05) is 16.8 Å². The third-order valence-electron chi connectivity index (χ3n) is 4.93. The Kier molecular flexibility index (Phi) is 3.40. The minimum Gasteiger partial charge on any atom is -0.450 e. The molecular weight excluding hydrogens is 344 g/mol. The molecule has 0 spiro atoms. The van der Waals surface area contributed by atoms with E-state index in [-0.39, 0.29) is 11.9 Å². The Morgan fingerprint density at radius 1 is 1.26 bits per heavy atom. The monoisotopic (exact) mass is 362 g/mol. The van der Waals surface area contributed by atoms with Crippen LogP contribution in [0.2, 0.25) is 0 Å². The molecule has 1 atom stereocenters. The lowest BCUT2D eigenvalue weighted by molar-refractivity contribution is -0.117. The molecule has 1 aliphatic heterocycles. The summed E-state index contributed by atoms with van der Waals surface area (Å²) in [4.78, 5) is 23.4. The van der Waals surface area contributed by atoms with E-state index >= 15 is 0 Å². The largest absolute Gasteiger partial charge is 0.450 e. The molecule has 1 aliphatic rings. The number of carbonyl (C=O) groups is 1. The topological polar surface area (TPSA) is 89.1 Å². The third kappa shape index (κ3) is 2.44. The average molecular weight is 362 g/mol. The molecule has 1 N–H and O–H groups in total. The predicted octanol–water partition coefficient (Wildman–Crippen LogP) is 2.64. The number of rotatable bonds is 3. The van der Waals surface area contributed by atoms with Crippen LogP contribution in [0.3, 0.4) is 0 Å². The van der Waals surface area contributed by atoms with Crippen LogP contribution in [-0.2, 0) is 11.8 Å². The van der Waals surface area contributed by atoms with E-state index in [4.69, 9.17) is 4.42 Å². The number of fused-ring (bicyclic) bond motifs is 3. The smallest absolute Gasteiger partial charge is 0.250 e. The second-order valence-corrected chi connectivity index (χ2v) is 6.74. The van der Waals surface area contributed by atoms with Crippen LogP contribution in [0, 0.1) is 6.92 Å². The number of nitrogens with zero attached hydrogens (tertiary/aromatic N) is 5. The first kappa shape index (κ1) is 15.8. The highest BCUT2D eigenvalue weighted by molar-refractivity contribution is 6.06. The molecule has 8 heteroatoms. The molecule has 1 aromatic carbocycles. The molecule has 4 aromatic rings. The Balaban J connectivity index is 1.47. The van der Waals surface area contributed by atoms with Crippen molar-refractivity contribution in [1.29, 1.82) is 0 Å². The van der Waals surface area contributed by atoms with Crippen LogP contribution in [-0.4, -0.2) is 38.2 Å². The van der Waals surface area contributed by atoms with Gasteiger partial charge in [0.25, 0.3) is 5.91 Å². The van der Waals surface area contributed by atoms with Crippen molar-refractivity contribution < 1.29 is 9.21 Å². The molecule has 3 aromatic heterocycles. The summed E-state index contributed by atoms with van der Waals surface area (Å²) in [6, 6.07) is 9.27. The zero-order chi connectivity index (χ0) is 18.5. The molecule has 1 unspecified atom stereocenters. The zero-order valence-corrected chi connectivity index (χ0v) is 15.0. The fourth-order valence-electron chi connectivity index (χ4n) is 3.68. The molecule has 136 valence electrons. The Labute approximate surface area is 154 Å². The number of furan rings is 1. The first-order valence-electron chi connectivity index (χ1n) is 8.82. The summed E-state index contributed by atoms with van der Waals surface area (Å²) in [5.74, 6) is 1.34. The van der Waals surface area contributed by atoms with E-state index < -0.39 is 0 Å². The first-order chi connectivity index (χ1) is 13.1. The lowest BCUT2D eigenvalue weighted by atomic mass is 10.2. The molecule has 0 aliphatic carbocycles. The highest BCUT2D eigenvalue weighted by Gasteiger charge is 2.35. The van der Waals surface area contributed by atoms with Crippen LogP contribution in [0.5, 0.6) is 0 Å². The lowest BCUT2D eigenvalue weighted by Gasteiger charge is -2.17. The Bertz CT molecular complexity index is 1180. The SMILES string of the molecule is Cc1cc(N2CCC(Nc3ncnc4c3oc3ccccc34)C2=O)n(C)n1. The fourth-order valence-corrected chi connectivity index (χ4v) is 3.68. The number of hydrogen-bond donors (Lipinski definition) is 1. The molecule has 0 radical (unpaired) electrons. The number of anilines is 2. The number of carbonyl (C=O) groups excluding carboxylic acids is 1. The quantitative estimate of drug-likeness (QED) is 0.603. The number of hydrogen-bond acceptors (Lipinski definition) is 6. The van der Waals surface area contributed by atoms with Crippen LogP contribution >= 0.6 is 0 Å². The van der Waals surface area contributed by atoms with Crippen molar-refractivity contribution in [3.8, 4) is 0 Å². The second-order valence-electron chi connectivity index (χ2n) is 6.74. The van der Waals surface area contributed by atoms with Gasteiger partial charge in [-0.15, -0.1) is 0 Å². The van der Waals surface area contributed by atoms with Crippen LogP contribution < -0.4 is 10.2 Å². The first-order valence-corrected chi connectivity index (χ1v) is 8.82. The summed E-state index contributed by atoms with van der Waals surface area (Å²) < 4.78 is 7.67. The highest BCUT2D eigenvalue weighted by Crippen LogP contribution is 2.31. The average Bonchev–Trinajstić information content (AvgIpc) is 3.31. The number of para-hydroxylation sites is 1. The van der Waals surface area contributed by atoms with Crippen molar-refractivity contribution in [2.45, 2.75) is 19.4 Å². The van der Waals surface area contributed by atoms with Crippen LogP contribution in [0.1, 0.15) is 12.1 Å². The van der Waals surface area contributed by atoms with Crippen molar-refractivity contribution in [3.63, 3.8) is 0 Å². The molecule has 8 nitrogen and oxygen atoms in total. The van der Waals surface area contributed by atoms with Gasteiger partial charge in [0, 0.05) is 25.0 Å². The number of amides is 1. The summed E-state index contributed by atoms with van der Waals surface area (Å²) in [7, 11) is 1.85. The van der Waals surface area contributed by atoms with Gasteiger partial charge in [-0.25, -0.2) is 9.97 Å². The maximum Gasteiger partial charge on any atom is 0.250 e. The molecule has 1 fully saturated rings. The summed E-state index contributed by atoms with van der Waals surface area (Å²) in [6.45, 7) is 2.54. The summed E-state index contributed by atoms with van der Waals surface area (Å²) in [5, 5.41) is 8.52. The van der Waals surface area contributed by atoms with Gasteiger partial charge >= 0.3 is 0 Å². The standard InChI is InChI=1S/C19H18N6O2/c1-11-9-15(24(2)23-11)25-8-7-13(19(25)26)22-18-17-16(20-10-21-18)12-5-3-4-6-14(12)27-17/h3-6,9-10,13H,7-8H2,1-2H3,(H,20,21,22). The maximum absolute atomic E-state index is 12.9. The van der Waals surface area contributed by atoms with Crippen LogP contribution in [0.4, 0.5) is 11.6 Å². The Morgan fingerprint density at radius 2 is 2.11 bits per heavy atom. The van der Waals surface area contributed by atoms with E-state index in [0.717, 1.165) is 28.0 Å². The van der Waals surface area contributed by atoms with Crippen LogP contribution in [0.15, 0.2) is 41.1 Å². The molecular formula is C19H18N6O2. The molecule has 27 heavy (non-hydrogen) atoms. The van der Waals surface area contributed by atoms with Gasteiger partial charge in [0.15, 0.2) is 11.4 Å². The summed E-state index contributed by atoms with van der Waals surface area (Å²) in [5.41, 5.74) is 2.95. The fraction of sp³-hybridized carbons (Fsp3) is 0.263. The van der Waals surface area contributed by atoms with Gasteiger partial charge in [-0.1, -0.05) is 12.1 Å². The molecule has 1 amide bonds. The molecule has 0 bridgehead atoms. The van der Waals surface area contributed by atoms with Gasteiger partial charge < -0.3 is 9.73 Å². The molecule has 4 heterocycles. The van der Waals surface area contributed by atoms with E-state index in [2.05, 4.69) is 20.4 Å². The van der Waals surface area contributed by atoms with Gasteiger partial charge in [-0.3, -0.25) is 14.4 Å². The number of aromatic nitrogens is 4. The third-order valence-corrected chi connectivity index (χ3v) is 4.93. The number of benzene rings is 1. The lowest BCUT2D eigenvalue weighted by Crippen LogP contribution is -2.34. The van der Waals surface area contributed by atoms with Gasteiger partial charge in [0.2, 0.25) is 0 Å². The second kappa shape index (κ2) is 5.80. The minimum absolute atomic E-state index is 0.000809. The molecule has 5 rings (SSSR count). The van der Waals surface area contributed by atoms with E-state index in [1.165, 1.54) is 6.33 Å². The molecule has 1 saturated heterocycles. The van der Waals surface area contributed by atoms with Gasteiger partial charge in [0.05, 0.1) is 5.69 Å². The van der Waals surface area contributed by atoms with Crippen molar-refractivity contribution in [2.24, 2.45) is 7.05 Å². The van der Waals surface area contributed by atoms with Crippen molar-refractivity contribution in [1.82, 2.24) is 19.7 Å². The minimum atomic E-state index is -0.369. The van der Waals surface area contributed by atoms with Crippen molar-refractivity contribution >= 4 is 39.6 Å². The van der Waals surface area contributed by atoms with E-state index in [0.29, 0.717) is 24.4 Å². The van der Waals surface area contributed by atoms with E-state index in [9.17, 15) is 4.79 Å². The van der Waals surface area contributed by atoms with E-state index in [1.807, 2.05) is 44.3 Å². The number of nitrogens with one attached hydrogen (secondary N) is 1. The van der Waals surface area contributed by atoms with Gasteiger partial charge in [-0.2, -0.15) is 5.10 Å². The van der Waals surface area contributed by atoms with Crippen molar-refractivity contribution in [3.05, 3.63) is 42.4 Å². The molecule has 0 saturated carbocycles. The predicted molar refractivity (Wildman–Crippen MR) is 102 cm³/mol. The van der Waals surface area contributed by atoms with E-state index in [1.54, 1.807) is 9.58 Å².